The van der Waals surface area contributed by atoms with E-state index in [1.165, 1.54) is 28.7 Å². The molecule has 0 atom stereocenters. The van der Waals surface area contributed by atoms with Crippen molar-refractivity contribution in [3.8, 4) is 0 Å². The van der Waals surface area contributed by atoms with Crippen molar-refractivity contribution < 1.29 is 9.59 Å². The summed E-state index contributed by atoms with van der Waals surface area (Å²) in [6.07, 6.45) is 0. The molecule has 2 amide bonds. The van der Waals surface area contributed by atoms with Gasteiger partial charge in [0.25, 0.3) is 0 Å². The number of nitrogens with one attached hydrogen (secondary N) is 2. The molecule has 0 aliphatic carbocycles. The molecule has 0 fully saturated rings. The van der Waals surface area contributed by atoms with Gasteiger partial charge in [0.05, 0.1) is 21.7 Å². The molecule has 2 N–H and O–H groups in total. The molecule has 0 bridgehead atoms. The third-order valence-electron chi connectivity index (χ3n) is 3.84. The SMILES string of the molecule is Cc1cccc(NC(=O)CSCC(=O)Nc2nc3c(C)cc(C)cc3s2)c1. The summed E-state index contributed by atoms with van der Waals surface area (Å²) in [7, 11) is 0. The number of thiazole rings is 1. The zero-order valence-electron chi connectivity index (χ0n) is 15.5. The van der Waals surface area contributed by atoms with Gasteiger partial charge in [-0.05, 0) is 55.7 Å². The summed E-state index contributed by atoms with van der Waals surface area (Å²) < 4.78 is 1.06. The largest absolute Gasteiger partial charge is 0.325 e. The number of benzene rings is 2. The van der Waals surface area contributed by atoms with Crippen molar-refractivity contribution in [3.63, 3.8) is 0 Å². The van der Waals surface area contributed by atoms with Gasteiger partial charge in [-0.1, -0.05) is 29.5 Å². The highest BCUT2D eigenvalue weighted by Crippen LogP contribution is 2.29. The van der Waals surface area contributed by atoms with E-state index in [0.717, 1.165) is 27.0 Å². The molecule has 0 spiro atoms. The maximum atomic E-state index is 12.1. The van der Waals surface area contributed by atoms with Crippen molar-refractivity contribution in [1.82, 2.24) is 4.98 Å². The first-order valence-electron chi connectivity index (χ1n) is 8.52. The number of aromatic nitrogens is 1. The molecular formula is C20H21N3O2S2. The number of amides is 2. The van der Waals surface area contributed by atoms with E-state index in [1.807, 2.05) is 45.0 Å². The molecule has 0 unspecified atom stereocenters. The fourth-order valence-electron chi connectivity index (χ4n) is 2.74. The Kier molecular flexibility index (Phi) is 6.13. The Hall–Kier alpha value is -2.38. The quantitative estimate of drug-likeness (QED) is 0.639. The summed E-state index contributed by atoms with van der Waals surface area (Å²) in [4.78, 5) is 28.6. The summed E-state index contributed by atoms with van der Waals surface area (Å²) in [5.41, 5.74) is 5.05. The van der Waals surface area contributed by atoms with Crippen LogP contribution in [0.15, 0.2) is 36.4 Å². The van der Waals surface area contributed by atoms with Gasteiger partial charge in [0.15, 0.2) is 5.13 Å². The van der Waals surface area contributed by atoms with E-state index in [9.17, 15) is 9.59 Å². The van der Waals surface area contributed by atoms with E-state index in [1.54, 1.807) is 0 Å². The van der Waals surface area contributed by atoms with Crippen LogP contribution in [0.1, 0.15) is 16.7 Å². The number of fused-ring (bicyclic) bond motifs is 1. The molecule has 7 heteroatoms. The van der Waals surface area contributed by atoms with Crippen molar-refractivity contribution in [3.05, 3.63) is 53.1 Å². The fraction of sp³-hybridized carbons (Fsp3) is 0.250. The number of hydrogen-bond donors (Lipinski definition) is 2. The zero-order chi connectivity index (χ0) is 19.4. The maximum Gasteiger partial charge on any atom is 0.236 e. The van der Waals surface area contributed by atoms with E-state index in [2.05, 4.69) is 27.8 Å². The molecule has 1 heterocycles. The van der Waals surface area contributed by atoms with Gasteiger partial charge in [0.1, 0.15) is 0 Å². The molecule has 3 aromatic rings. The molecule has 0 aliphatic rings. The highest BCUT2D eigenvalue weighted by atomic mass is 32.2. The van der Waals surface area contributed by atoms with Crippen LogP contribution in [-0.4, -0.2) is 28.3 Å². The van der Waals surface area contributed by atoms with Crippen molar-refractivity contribution in [1.29, 1.82) is 0 Å². The lowest BCUT2D eigenvalue weighted by molar-refractivity contribution is -0.114. The molecule has 5 nitrogen and oxygen atoms in total. The lowest BCUT2D eigenvalue weighted by atomic mass is 10.1. The van der Waals surface area contributed by atoms with Crippen LogP contribution in [0.4, 0.5) is 10.8 Å². The molecule has 0 saturated carbocycles. The normalized spacial score (nSPS) is 10.8. The molecule has 140 valence electrons. The second kappa shape index (κ2) is 8.54. The van der Waals surface area contributed by atoms with Crippen molar-refractivity contribution in [2.24, 2.45) is 0 Å². The molecule has 1 aromatic heterocycles. The maximum absolute atomic E-state index is 12.1. The van der Waals surface area contributed by atoms with Gasteiger partial charge in [-0.2, -0.15) is 0 Å². The van der Waals surface area contributed by atoms with Crippen LogP contribution < -0.4 is 10.6 Å². The summed E-state index contributed by atoms with van der Waals surface area (Å²) in [6, 6.07) is 11.8. The molecule has 2 aromatic carbocycles. The minimum absolute atomic E-state index is 0.121. The molecule has 3 rings (SSSR count). The van der Waals surface area contributed by atoms with Gasteiger partial charge in [-0.25, -0.2) is 4.98 Å². The first-order valence-corrected chi connectivity index (χ1v) is 10.5. The van der Waals surface area contributed by atoms with Crippen LogP contribution in [-0.2, 0) is 9.59 Å². The van der Waals surface area contributed by atoms with Gasteiger partial charge >= 0.3 is 0 Å². The minimum Gasteiger partial charge on any atom is -0.325 e. The Morgan fingerprint density at radius 3 is 2.48 bits per heavy atom. The topological polar surface area (TPSA) is 71.1 Å². The molecule has 0 radical (unpaired) electrons. The minimum atomic E-state index is -0.156. The van der Waals surface area contributed by atoms with Crippen molar-refractivity contribution in [2.75, 3.05) is 22.1 Å². The van der Waals surface area contributed by atoms with Gasteiger partial charge in [-0.15, -0.1) is 11.8 Å². The van der Waals surface area contributed by atoms with Gasteiger partial charge in [0.2, 0.25) is 11.8 Å². The Balaban J connectivity index is 1.48. The number of anilines is 2. The highest BCUT2D eigenvalue weighted by Gasteiger charge is 2.11. The summed E-state index contributed by atoms with van der Waals surface area (Å²) in [5.74, 6) is 0.149. The molecule has 0 saturated heterocycles. The van der Waals surface area contributed by atoms with Crippen molar-refractivity contribution in [2.45, 2.75) is 20.8 Å². The summed E-state index contributed by atoms with van der Waals surface area (Å²) >= 11 is 2.74. The second-order valence-corrected chi connectivity index (χ2v) is 8.42. The van der Waals surface area contributed by atoms with Crippen LogP contribution in [0.3, 0.4) is 0 Å². The molecular weight excluding hydrogens is 378 g/mol. The number of carbonyl (C=O) groups is 2. The zero-order valence-corrected chi connectivity index (χ0v) is 17.1. The van der Waals surface area contributed by atoms with Gasteiger partial charge < -0.3 is 10.6 Å². The van der Waals surface area contributed by atoms with Crippen LogP contribution in [0, 0.1) is 20.8 Å². The summed E-state index contributed by atoms with van der Waals surface area (Å²) in [6.45, 7) is 6.03. The van der Waals surface area contributed by atoms with Gasteiger partial charge in [0, 0.05) is 5.69 Å². The predicted molar refractivity (Wildman–Crippen MR) is 115 cm³/mol. The van der Waals surface area contributed by atoms with E-state index in [4.69, 9.17) is 0 Å². The van der Waals surface area contributed by atoms with Crippen LogP contribution in [0.2, 0.25) is 0 Å². The number of aryl methyl sites for hydroxylation is 3. The Labute approximate surface area is 166 Å². The average Bonchev–Trinajstić information content (AvgIpc) is 2.97. The first kappa shape index (κ1) is 19.4. The lowest BCUT2D eigenvalue weighted by Crippen LogP contribution is -2.18. The second-order valence-electron chi connectivity index (χ2n) is 6.41. The van der Waals surface area contributed by atoms with E-state index >= 15 is 0 Å². The number of thioether (sulfide) groups is 1. The number of rotatable bonds is 6. The molecule has 27 heavy (non-hydrogen) atoms. The highest BCUT2D eigenvalue weighted by molar-refractivity contribution is 8.00. The third kappa shape index (κ3) is 5.30. The van der Waals surface area contributed by atoms with E-state index < -0.39 is 0 Å². The lowest BCUT2D eigenvalue weighted by Gasteiger charge is -2.06. The van der Waals surface area contributed by atoms with Gasteiger partial charge in [-0.3, -0.25) is 9.59 Å². The van der Waals surface area contributed by atoms with Crippen LogP contribution in [0.5, 0.6) is 0 Å². The number of hydrogen-bond acceptors (Lipinski definition) is 5. The van der Waals surface area contributed by atoms with E-state index in [-0.39, 0.29) is 23.3 Å². The van der Waals surface area contributed by atoms with Crippen molar-refractivity contribution >= 4 is 55.9 Å². The Morgan fingerprint density at radius 2 is 1.74 bits per heavy atom. The predicted octanol–water partition coefficient (Wildman–Crippen LogP) is 4.53. The first-order chi connectivity index (χ1) is 12.9. The Bertz CT molecular complexity index is 998. The molecule has 0 aliphatic heterocycles. The summed E-state index contributed by atoms with van der Waals surface area (Å²) in [5, 5.41) is 6.25. The Morgan fingerprint density at radius 1 is 1.00 bits per heavy atom. The average molecular weight is 400 g/mol. The van der Waals surface area contributed by atoms with Crippen LogP contribution >= 0.6 is 23.1 Å². The smallest absolute Gasteiger partial charge is 0.236 e. The van der Waals surface area contributed by atoms with Crippen LogP contribution in [0.25, 0.3) is 10.2 Å². The number of nitrogens with zero attached hydrogens (tertiary/aromatic N) is 1. The standard InChI is InChI=1S/C20H21N3O2S2/c1-12-5-4-6-15(8-12)21-17(24)10-26-11-18(25)22-20-23-19-14(3)7-13(2)9-16(19)27-20/h4-9H,10-11H2,1-3H3,(H,21,24)(H,22,23,25). The fourth-order valence-corrected chi connectivity index (χ4v) is 4.41. The van der Waals surface area contributed by atoms with E-state index in [0.29, 0.717) is 5.13 Å². The third-order valence-corrected chi connectivity index (χ3v) is 5.69. The number of carbonyl (C=O) groups excluding carboxylic acids is 2. The monoisotopic (exact) mass is 399 g/mol.